The number of nitrogens with one attached hydrogen (secondary N) is 2. The normalized spacial score (nSPS) is 17.5. The molecule has 0 bridgehead atoms. The highest BCUT2D eigenvalue weighted by Crippen LogP contribution is 2.41. The minimum atomic E-state index is -5.07. The van der Waals surface area contributed by atoms with E-state index in [0.29, 0.717) is 5.75 Å². The van der Waals surface area contributed by atoms with E-state index in [-0.39, 0.29) is 23.4 Å². The average Bonchev–Trinajstić information content (AvgIpc) is 3.09. The predicted octanol–water partition coefficient (Wildman–Crippen LogP) is 2.87. The summed E-state index contributed by atoms with van der Waals surface area (Å²) in [6.45, 7) is -0.187. The van der Waals surface area contributed by atoms with E-state index in [2.05, 4.69) is 20.0 Å². The van der Waals surface area contributed by atoms with Crippen LogP contribution in [0.4, 0.5) is 17.6 Å². The van der Waals surface area contributed by atoms with Gasteiger partial charge >= 0.3 is 6.36 Å². The number of halogens is 4. The Balaban J connectivity index is 1.78. The van der Waals surface area contributed by atoms with Crippen LogP contribution in [0.1, 0.15) is 21.6 Å². The number of nitrogens with zero attached hydrogens (tertiary/aromatic N) is 1. The molecule has 4 rings (SSSR count). The maximum atomic E-state index is 14.4. The molecule has 0 unspecified atom stereocenters. The summed E-state index contributed by atoms with van der Waals surface area (Å²) in [7, 11) is 0. The number of amides is 1. The van der Waals surface area contributed by atoms with Gasteiger partial charge in [0.25, 0.3) is 5.91 Å². The summed E-state index contributed by atoms with van der Waals surface area (Å²) in [6, 6.07) is 8.45. The summed E-state index contributed by atoms with van der Waals surface area (Å²) in [5.74, 6) is -2.62. The Bertz CT molecular complexity index is 1190. The molecule has 1 amide bonds. The minimum Gasteiger partial charge on any atom is -0.488 e. The van der Waals surface area contributed by atoms with Crippen LogP contribution in [0.2, 0.25) is 0 Å². The lowest BCUT2D eigenvalue weighted by molar-refractivity contribution is -0.275. The molecule has 31 heavy (non-hydrogen) atoms. The lowest BCUT2D eigenvalue weighted by atomic mass is 9.87. The number of pyridine rings is 2. The molecule has 0 fully saturated rings. The molecule has 3 aromatic rings. The number of carbonyl (C=O) groups excluding carboxylic acids is 1. The highest BCUT2D eigenvalue weighted by atomic mass is 19.4. The quantitative estimate of drug-likeness (QED) is 0.615. The third kappa shape index (κ3) is 3.93. The van der Waals surface area contributed by atoms with Gasteiger partial charge < -0.3 is 19.8 Å². The summed E-state index contributed by atoms with van der Waals surface area (Å²) < 4.78 is 61.2. The van der Waals surface area contributed by atoms with Crippen LogP contribution in [0.3, 0.4) is 0 Å². The van der Waals surface area contributed by atoms with Gasteiger partial charge in [-0.3, -0.25) is 14.6 Å². The van der Waals surface area contributed by atoms with Crippen LogP contribution in [0.15, 0.2) is 59.7 Å². The maximum Gasteiger partial charge on any atom is 0.573 e. The first kappa shape index (κ1) is 20.4. The third-order valence-electron chi connectivity index (χ3n) is 4.64. The maximum absolute atomic E-state index is 14.4. The van der Waals surface area contributed by atoms with Crippen molar-refractivity contribution in [3.63, 3.8) is 0 Å². The van der Waals surface area contributed by atoms with E-state index in [1.807, 2.05) is 0 Å². The molecular weight excluding hydrogens is 422 g/mol. The molecular formula is C20H13F4N3O4. The van der Waals surface area contributed by atoms with Gasteiger partial charge in [-0.1, -0.05) is 6.07 Å². The fraction of sp³-hybridized carbons (Fsp3) is 0.150. The second-order valence-corrected chi connectivity index (χ2v) is 6.63. The molecule has 0 aliphatic carbocycles. The molecule has 1 aliphatic rings. The molecule has 1 aliphatic heterocycles. The van der Waals surface area contributed by atoms with Gasteiger partial charge in [-0.25, -0.2) is 4.39 Å². The first-order valence-electron chi connectivity index (χ1n) is 8.83. The van der Waals surface area contributed by atoms with E-state index in [0.717, 1.165) is 18.2 Å². The van der Waals surface area contributed by atoms with Crippen molar-refractivity contribution < 1.29 is 31.8 Å². The number of fused-ring (bicyclic) bond motifs is 1. The largest absolute Gasteiger partial charge is 0.573 e. The Morgan fingerprint density at radius 2 is 2.03 bits per heavy atom. The molecule has 1 aromatic carbocycles. The predicted molar refractivity (Wildman–Crippen MR) is 98.1 cm³/mol. The molecule has 11 heteroatoms. The van der Waals surface area contributed by atoms with Gasteiger partial charge in [-0.2, -0.15) is 0 Å². The lowest BCUT2D eigenvalue weighted by Gasteiger charge is -2.29. The number of aromatic nitrogens is 2. The monoisotopic (exact) mass is 435 g/mol. The van der Waals surface area contributed by atoms with Gasteiger partial charge in [0.15, 0.2) is 11.6 Å². The Kier molecular flexibility index (Phi) is 4.88. The molecule has 2 N–H and O–H groups in total. The molecule has 2 aromatic heterocycles. The summed E-state index contributed by atoms with van der Waals surface area (Å²) in [5, 5.41) is 2.72. The lowest BCUT2D eigenvalue weighted by Crippen LogP contribution is -2.48. The van der Waals surface area contributed by atoms with Gasteiger partial charge in [-0.05, 0) is 35.9 Å². The summed E-state index contributed by atoms with van der Waals surface area (Å²) in [4.78, 5) is 30.7. The van der Waals surface area contributed by atoms with Crippen LogP contribution >= 0.6 is 0 Å². The summed E-state index contributed by atoms with van der Waals surface area (Å²) in [6.07, 6.45) is -2.43. The fourth-order valence-corrected chi connectivity index (χ4v) is 3.26. The Hall–Kier alpha value is -3.89. The van der Waals surface area contributed by atoms with Crippen LogP contribution in [-0.2, 0) is 5.54 Å². The molecule has 0 radical (unpaired) electrons. The molecule has 0 spiro atoms. The van der Waals surface area contributed by atoms with Crippen molar-refractivity contribution >= 4 is 5.91 Å². The van der Waals surface area contributed by atoms with Crippen LogP contribution in [0.25, 0.3) is 0 Å². The number of carbonyl (C=O) groups is 1. The van der Waals surface area contributed by atoms with E-state index >= 15 is 0 Å². The number of ether oxygens (including phenoxy) is 2. The number of H-pyrrole nitrogens is 1. The number of rotatable bonds is 4. The first-order chi connectivity index (χ1) is 14.7. The standard InChI is InChI=1S/C20H13F4N3O4/c21-13-8-12(4-5-14(13)31-20(22,23)24)19(10-30-15-2-1-7-25-17(15)19)27-18(29)11-3-6-16(28)26-9-11/h1-9H,10H2,(H,26,28)(H,27,29)/t19-/m0/s1. The average molecular weight is 435 g/mol. The Morgan fingerprint density at radius 1 is 1.23 bits per heavy atom. The Labute approximate surface area is 171 Å². The van der Waals surface area contributed by atoms with E-state index < -0.39 is 34.9 Å². The van der Waals surface area contributed by atoms with E-state index in [9.17, 15) is 27.2 Å². The summed E-state index contributed by atoms with van der Waals surface area (Å²) in [5.41, 5.74) is -1.47. The van der Waals surface area contributed by atoms with Crippen molar-refractivity contribution in [2.45, 2.75) is 11.9 Å². The molecule has 1 atom stereocenters. The molecule has 7 nitrogen and oxygen atoms in total. The van der Waals surface area contributed by atoms with E-state index in [1.165, 1.54) is 24.5 Å². The zero-order valence-electron chi connectivity index (χ0n) is 15.5. The number of hydrogen-bond acceptors (Lipinski definition) is 5. The van der Waals surface area contributed by atoms with Crippen LogP contribution in [0.5, 0.6) is 11.5 Å². The zero-order chi connectivity index (χ0) is 22.2. The van der Waals surface area contributed by atoms with Crippen molar-refractivity contribution in [3.05, 3.63) is 87.9 Å². The van der Waals surface area contributed by atoms with Crippen molar-refractivity contribution in [1.82, 2.24) is 15.3 Å². The summed E-state index contributed by atoms with van der Waals surface area (Å²) >= 11 is 0. The third-order valence-corrected chi connectivity index (χ3v) is 4.64. The molecule has 160 valence electrons. The number of hydrogen-bond donors (Lipinski definition) is 2. The van der Waals surface area contributed by atoms with Crippen LogP contribution < -0.4 is 20.3 Å². The smallest absolute Gasteiger partial charge is 0.488 e. The van der Waals surface area contributed by atoms with Crippen LogP contribution in [-0.4, -0.2) is 28.8 Å². The molecule has 0 saturated heterocycles. The van der Waals surface area contributed by atoms with Gasteiger partial charge in [0.1, 0.15) is 23.6 Å². The topological polar surface area (TPSA) is 93.3 Å². The molecule has 3 heterocycles. The molecule has 0 saturated carbocycles. The SMILES string of the molecule is O=C(N[C@]1(c2ccc(OC(F)(F)F)c(F)c2)COc2cccnc21)c1ccc(=O)[nH]c1. The second kappa shape index (κ2) is 7.42. The highest BCUT2D eigenvalue weighted by molar-refractivity contribution is 5.95. The Morgan fingerprint density at radius 3 is 2.71 bits per heavy atom. The van der Waals surface area contributed by atoms with Gasteiger partial charge in [0.2, 0.25) is 5.56 Å². The number of aromatic amines is 1. The minimum absolute atomic E-state index is 0.0924. The zero-order valence-corrected chi connectivity index (χ0v) is 15.5. The highest BCUT2D eigenvalue weighted by Gasteiger charge is 2.46. The number of benzene rings is 1. The van der Waals surface area contributed by atoms with Crippen molar-refractivity contribution in [2.75, 3.05) is 6.61 Å². The van der Waals surface area contributed by atoms with E-state index in [1.54, 1.807) is 12.1 Å². The van der Waals surface area contributed by atoms with Crippen molar-refractivity contribution in [2.24, 2.45) is 0 Å². The van der Waals surface area contributed by atoms with Crippen LogP contribution in [0, 0.1) is 5.82 Å². The van der Waals surface area contributed by atoms with E-state index in [4.69, 9.17) is 4.74 Å². The second-order valence-electron chi connectivity index (χ2n) is 6.63. The van der Waals surface area contributed by atoms with Crippen molar-refractivity contribution in [1.29, 1.82) is 0 Å². The first-order valence-corrected chi connectivity index (χ1v) is 8.83. The van der Waals surface area contributed by atoms with Gasteiger partial charge in [-0.15, -0.1) is 13.2 Å². The van der Waals surface area contributed by atoms with Gasteiger partial charge in [0.05, 0.1) is 5.56 Å². The number of alkyl halides is 3. The van der Waals surface area contributed by atoms with Crippen molar-refractivity contribution in [3.8, 4) is 11.5 Å². The fourth-order valence-electron chi connectivity index (χ4n) is 3.26. The van der Waals surface area contributed by atoms with Gasteiger partial charge in [0, 0.05) is 18.5 Å².